The van der Waals surface area contributed by atoms with Crippen LogP contribution in [0.15, 0.2) is 109 Å². The average Bonchev–Trinajstić information content (AvgIpc) is 3.35. The fraction of sp³-hybridized carbons (Fsp3) is 0.667. The Morgan fingerprint density at radius 1 is 0.304 bits per heavy atom. The molecule has 1 unspecified atom stereocenters. The molecule has 0 saturated carbocycles. The number of hydrogen-bond acceptors (Lipinski definition) is 6. The number of rotatable bonds is 50. The Kier molecular flexibility index (Phi) is 53.4. The van der Waals surface area contributed by atoms with Crippen molar-refractivity contribution in [2.45, 2.75) is 258 Å². The maximum atomic E-state index is 12.8. The van der Waals surface area contributed by atoms with E-state index in [4.69, 9.17) is 14.2 Å². The highest BCUT2D eigenvalue weighted by molar-refractivity contribution is 5.71. The van der Waals surface area contributed by atoms with Crippen molar-refractivity contribution in [3.05, 3.63) is 109 Å². The third-order valence-electron chi connectivity index (χ3n) is 11.8. The molecule has 6 heteroatoms. The zero-order chi connectivity index (χ0) is 50.0. The van der Waals surface area contributed by atoms with Crippen molar-refractivity contribution in [1.29, 1.82) is 0 Å². The van der Waals surface area contributed by atoms with Crippen LogP contribution < -0.4 is 0 Å². The fourth-order valence-corrected chi connectivity index (χ4v) is 7.56. The van der Waals surface area contributed by atoms with E-state index in [1.807, 2.05) is 12.2 Å². The number of carbonyl (C=O) groups excluding carboxylic acids is 3. The van der Waals surface area contributed by atoms with E-state index in [2.05, 4.69) is 118 Å². The molecule has 0 aromatic heterocycles. The molecule has 0 fully saturated rings. The summed E-state index contributed by atoms with van der Waals surface area (Å²) in [5.74, 6) is -1.00. The quantitative estimate of drug-likeness (QED) is 0.0262. The molecular weight excluding hydrogens is 853 g/mol. The van der Waals surface area contributed by atoms with Gasteiger partial charge in [0.05, 0.1) is 0 Å². The summed E-state index contributed by atoms with van der Waals surface area (Å²) in [6, 6.07) is 0. The van der Waals surface area contributed by atoms with Crippen molar-refractivity contribution in [1.82, 2.24) is 0 Å². The van der Waals surface area contributed by atoms with Crippen LogP contribution in [0.1, 0.15) is 252 Å². The van der Waals surface area contributed by atoms with Gasteiger partial charge in [0.25, 0.3) is 0 Å². The van der Waals surface area contributed by atoms with Crippen LogP contribution >= 0.6 is 0 Å². The standard InChI is InChI=1S/C63H104O6/c1-4-7-10-13-16-19-22-25-26-27-28-29-30-31-32-33-34-35-36-39-41-44-47-50-53-56-62(65)68-59-60(69-63(66)57-54-51-48-45-42-38-24-21-18-15-12-9-6-3)58-67-61(64)55-52-49-46-43-40-37-23-20-17-14-11-8-5-2/h7,9-10,12,16,18-21,23,25-26,28-29,38,42,48,51,60H,4-6,8,11,13-15,17,22,24,27,30-37,39-41,43-47,49-50,52-59H2,1-3H3/b10-7-,12-9-,19-16-,21-18-,23-20-,26-25-,29-28-,42-38-,51-48-. The van der Waals surface area contributed by atoms with Crippen molar-refractivity contribution in [3.63, 3.8) is 0 Å². The highest BCUT2D eigenvalue weighted by Crippen LogP contribution is 2.15. The van der Waals surface area contributed by atoms with Crippen molar-refractivity contribution in [2.75, 3.05) is 13.2 Å². The van der Waals surface area contributed by atoms with Crippen LogP contribution in [0.25, 0.3) is 0 Å². The Hall–Kier alpha value is -3.93. The van der Waals surface area contributed by atoms with Crippen LogP contribution in [0.3, 0.4) is 0 Å². The molecule has 0 aromatic carbocycles. The molecule has 0 rings (SSSR count). The zero-order valence-corrected chi connectivity index (χ0v) is 44.8. The molecule has 1 atom stereocenters. The molecule has 69 heavy (non-hydrogen) atoms. The third-order valence-corrected chi connectivity index (χ3v) is 11.8. The molecule has 0 heterocycles. The largest absolute Gasteiger partial charge is 0.462 e. The monoisotopic (exact) mass is 957 g/mol. The molecule has 0 aliphatic rings. The molecule has 0 bridgehead atoms. The number of carbonyl (C=O) groups is 3. The minimum Gasteiger partial charge on any atom is -0.462 e. The topological polar surface area (TPSA) is 78.9 Å². The number of hydrogen-bond donors (Lipinski definition) is 0. The molecule has 0 radical (unpaired) electrons. The molecule has 0 aliphatic carbocycles. The van der Waals surface area contributed by atoms with Crippen molar-refractivity contribution >= 4 is 17.9 Å². The maximum absolute atomic E-state index is 12.8. The Bertz CT molecular complexity index is 1420. The Morgan fingerprint density at radius 2 is 0.594 bits per heavy atom. The lowest BCUT2D eigenvalue weighted by molar-refractivity contribution is -0.166. The summed E-state index contributed by atoms with van der Waals surface area (Å²) in [6.07, 6.45) is 76.7. The Labute approximate surface area is 425 Å². The van der Waals surface area contributed by atoms with E-state index in [1.54, 1.807) is 0 Å². The predicted octanol–water partition coefficient (Wildman–Crippen LogP) is 19.1. The molecule has 0 aliphatic heterocycles. The second-order valence-electron chi connectivity index (χ2n) is 18.4. The van der Waals surface area contributed by atoms with Gasteiger partial charge in [-0.15, -0.1) is 0 Å². The summed E-state index contributed by atoms with van der Waals surface area (Å²) in [5.41, 5.74) is 0. The van der Waals surface area contributed by atoms with E-state index < -0.39 is 12.1 Å². The van der Waals surface area contributed by atoms with E-state index in [0.29, 0.717) is 19.3 Å². The SMILES string of the molecule is CC/C=C\C/C=C\C/C=C\C/C=C\CCCCCCCCCCCCCCC(=O)OCC(COC(=O)CCCCCCC/C=C\CCCCCC)OC(=O)CC/C=C\C/C=C\C/C=C\C/C=C\CC. The van der Waals surface area contributed by atoms with Crippen molar-refractivity contribution in [3.8, 4) is 0 Å². The highest BCUT2D eigenvalue weighted by atomic mass is 16.6. The lowest BCUT2D eigenvalue weighted by Crippen LogP contribution is -2.30. The summed E-state index contributed by atoms with van der Waals surface area (Å²) in [4.78, 5) is 38.0. The van der Waals surface area contributed by atoms with Gasteiger partial charge in [0, 0.05) is 19.3 Å². The number of allylic oxidation sites excluding steroid dienone is 18. The highest BCUT2D eigenvalue weighted by Gasteiger charge is 2.19. The van der Waals surface area contributed by atoms with Gasteiger partial charge in [-0.3, -0.25) is 14.4 Å². The second-order valence-corrected chi connectivity index (χ2v) is 18.4. The predicted molar refractivity (Wildman–Crippen MR) is 297 cm³/mol. The molecule has 6 nitrogen and oxygen atoms in total. The minimum atomic E-state index is -0.821. The first-order valence-electron chi connectivity index (χ1n) is 28.4. The van der Waals surface area contributed by atoms with Gasteiger partial charge in [-0.25, -0.2) is 0 Å². The van der Waals surface area contributed by atoms with Crippen LogP contribution in [0, 0.1) is 0 Å². The first-order chi connectivity index (χ1) is 34.0. The van der Waals surface area contributed by atoms with Gasteiger partial charge >= 0.3 is 17.9 Å². The Balaban J connectivity index is 4.34. The van der Waals surface area contributed by atoms with E-state index in [0.717, 1.165) is 103 Å². The van der Waals surface area contributed by atoms with Crippen LogP contribution in [-0.2, 0) is 28.6 Å². The van der Waals surface area contributed by atoms with E-state index in [-0.39, 0.29) is 31.6 Å². The van der Waals surface area contributed by atoms with Gasteiger partial charge in [0.1, 0.15) is 13.2 Å². The second kappa shape index (κ2) is 56.7. The normalized spacial score (nSPS) is 12.9. The first kappa shape index (κ1) is 65.1. The van der Waals surface area contributed by atoms with Crippen molar-refractivity contribution in [2.24, 2.45) is 0 Å². The molecule has 0 N–H and O–H groups in total. The molecule has 0 spiro atoms. The molecule has 0 saturated heterocycles. The third kappa shape index (κ3) is 54.9. The van der Waals surface area contributed by atoms with Crippen LogP contribution in [-0.4, -0.2) is 37.2 Å². The first-order valence-corrected chi connectivity index (χ1v) is 28.4. The van der Waals surface area contributed by atoms with E-state index in [1.165, 1.54) is 103 Å². The van der Waals surface area contributed by atoms with Gasteiger partial charge in [-0.1, -0.05) is 233 Å². The van der Waals surface area contributed by atoms with Crippen LogP contribution in [0.4, 0.5) is 0 Å². The van der Waals surface area contributed by atoms with Gasteiger partial charge in [-0.2, -0.15) is 0 Å². The minimum absolute atomic E-state index is 0.111. The van der Waals surface area contributed by atoms with Crippen LogP contribution in [0.5, 0.6) is 0 Å². The number of ether oxygens (including phenoxy) is 3. The van der Waals surface area contributed by atoms with Crippen molar-refractivity contribution < 1.29 is 28.6 Å². The molecule has 0 amide bonds. The smallest absolute Gasteiger partial charge is 0.306 e. The van der Waals surface area contributed by atoms with E-state index >= 15 is 0 Å². The van der Waals surface area contributed by atoms with Gasteiger partial charge in [-0.05, 0) is 109 Å². The Morgan fingerprint density at radius 3 is 0.957 bits per heavy atom. The summed E-state index contributed by atoms with van der Waals surface area (Å²) in [6.45, 7) is 6.32. The van der Waals surface area contributed by atoms with Gasteiger partial charge in [0.2, 0.25) is 0 Å². The fourth-order valence-electron chi connectivity index (χ4n) is 7.56. The zero-order valence-electron chi connectivity index (χ0n) is 44.8. The molecular formula is C63H104O6. The average molecular weight is 958 g/mol. The molecule has 392 valence electrons. The number of esters is 3. The lowest BCUT2D eigenvalue weighted by atomic mass is 10.0. The summed E-state index contributed by atoms with van der Waals surface area (Å²) < 4.78 is 16.7. The maximum Gasteiger partial charge on any atom is 0.306 e. The van der Waals surface area contributed by atoms with Gasteiger partial charge in [0.15, 0.2) is 6.10 Å². The number of unbranched alkanes of at least 4 members (excludes halogenated alkanes) is 21. The molecule has 0 aromatic rings. The van der Waals surface area contributed by atoms with Crippen LogP contribution in [0.2, 0.25) is 0 Å². The summed E-state index contributed by atoms with van der Waals surface area (Å²) in [5, 5.41) is 0. The van der Waals surface area contributed by atoms with Gasteiger partial charge < -0.3 is 14.2 Å². The van der Waals surface area contributed by atoms with E-state index in [9.17, 15) is 14.4 Å². The lowest BCUT2D eigenvalue weighted by Gasteiger charge is -2.18. The summed E-state index contributed by atoms with van der Waals surface area (Å²) in [7, 11) is 0. The summed E-state index contributed by atoms with van der Waals surface area (Å²) >= 11 is 0.